The molecule has 1 fully saturated rings. The summed E-state index contributed by atoms with van der Waals surface area (Å²) in [5.41, 5.74) is 1.60. The molecule has 1 heterocycles. The van der Waals surface area contributed by atoms with Gasteiger partial charge in [0.25, 0.3) is 0 Å². The fraction of sp³-hybridized carbons (Fsp3) is 0.545. The van der Waals surface area contributed by atoms with Gasteiger partial charge in [0.15, 0.2) is 0 Å². The Hall–Kier alpha value is -1.23. The van der Waals surface area contributed by atoms with Crippen molar-refractivity contribution in [1.29, 1.82) is 0 Å². The van der Waals surface area contributed by atoms with E-state index in [1.807, 2.05) is 10.9 Å². The van der Waals surface area contributed by atoms with Crippen LogP contribution in [-0.4, -0.2) is 9.78 Å². The van der Waals surface area contributed by atoms with Crippen molar-refractivity contribution >= 4 is 0 Å². The molecule has 1 aromatic rings. The Bertz CT molecular complexity index is 339. The van der Waals surface area contributed by atoms with Crippen LogP contribution in [0.3, 0.4) is 0 Å². The van der Waals surface area contributed by atoms with Gasteiger partial charge in [0.1, 0.15) is 0 Å². The Labute approximate surface area is 79.0 Å². The largest absolute Gasteiger partial charge is 0.272 e. The molecule has 0 amide bonds. The van der Waals surface area contributed by atoms with Crippen LogP contribution in [0.25, 0.3) is 0 Å². The van der Waals surface area contributed by atoms with Crippen LogP contribution in [0.5, 0.6) is 0 Å². The van der Waals surface area contributed by atoms with Crippen molar-refractivity contribution in [3.8, 4) is 12.3 Å². The first-order chi connectivity index (χ1) is 6.24. The molecule has 0 aromatic carbocycles. The maximum absolute atomic E-state index is 5.19. The zero-order chi connectivity index (χ0) is 9.31. The molecule has 2 rings (SSSR count). The number of hydrogen-bond donors (Lipinski definition) is 0. The van der Waals surface area contributed by atoms with Gasteiger partial charge in [-0.3, -0.25) is 4.68 Å². The van der Waals surface area contributed by atoms with Gasteiger partial charge < -0.3 is 0 Å². The second kappa shape index (κ2) is 2.92. The maximum Gasteiger partial charge on any atom is 0.0683 e. The molecular formula is C11H14N2. The molecule has 0 radical (unpaired) electrons. The lowest BCUT2D eigenvalue weighted by Gasteiger charge is -2.02. The Kier molecular flexibility index (Phi) is 1.88. The number of terminal acetylenes is 1. The first-order valence-corrected chi connectivity index (χ1v) is 4.72. The molecule has 0 atom stereocenters. The highest BCUT2D eigenvalue weighted by atomic mass is 15.3. The number of aromatic nitrogens is 2. The van der Waals surface area contributed by atoms with E-state index in [0.29, 0.717) is 5.41 Å². The molecule has 1 aromatic heterocycles. The zero-order valence-electron chi connectivity index (χ0n) is 7.95. The van der Waals surface area contributed by atoms with E-state index in [4.69, 9.17) is 6.42 Å². The molecule has 1 saturated carbocycles. The summed E-state index contributed by atoms with van der Waals surface area (Å²) in [5.74, 6) is 2.62. The monoisotopic (exact) mass is 174 g/mol. The van der Waals surface area contributed by atoms with E-state index < -0.39 is 0 Å². The van der Waals surface area contributed by atoms with Crippen LogP contribution < -0.4 is 0 Å². The molecule has 0 aliphatic heterocycles. The van der Waals surface area contributed by atoms with Gasteiger partial charge >= 0.3 is 0 Å². The summed E-state index contributed by atoms with van der Waals surface area (Å²) in [7, 11) is 0. The van der Waals surface area contributed by atoms with Crippen LogP contribution in [0.1, 0.15) is 31.9 Å². The fourth-order valence-corrected chi connectivity index (χ4v) is 1.43. The number of hydrogen-bond acceptors (Lipinski definition) is 1. The number of nitrogens with zero attached hydrogens (tertiary/aromatic N) is 2. The maximum atomic E-state index is 5.19. The minimum absolute atomic E-state index is 0.376. The molecule has 1 aliphatic rings. The summed E-state index contributed by atoms with van der Waals surface area (Å²) in [6.45, 7) is 3.10. The Morgan fingerprint density at radius 2 is 2.46 bits per heavy atom. The van der Waals surface area contributed by atoms with E-state index >= 15 is 0 Å². The topological polar surface area (TPSA) is 17.8 Å². The predicted octanol–water partition coefficient (Wildman–Crippen LogP) is 1.96. The highest BCUT2D eigenvalue weighted by Gasteiger charge is 2.40. The van der Waals surface area contributed by atoms with Crippen molar-refractivity contribution in [1.82, 2.24) is 9.78 Å². The summed E-state index contributed by atoms with van der Waals surface area (Å²) < 4.78 is 1.94. The van der Waals surface area contributed by atoms with Gasteiger partial charge in [-0.05, 0) is 18.9 Å². The molecular weight excluding hydrogens is 160 g/mol. The van der Waals surface area contributed by atoms with Crippen LogP contribution in [0.15, 0.2) is 12.3 Å². The smallest absolute Gasteiger partial charge is 0.0683 e. The van der Waals surface area contributed by atoms with Crippen LogP contribution in [0.2, 0.25) is 0 Å². The van der Waals surface area contributed by atoms with E-state index in [1.165, 1.54) is 18.5 Å². The second-order valence-electron chi connectivity index (χ2n) is 3.98. The van der Waals surface area contributed by atoms with Gasteiger partial charge in [0, 0.05) is 18.0 Å². The van der Waals surface area contributed by atoms with E-state index in [-0.39, 0.29) is 0 Å². The Morgan fingerprint density at radius 1 is 1.69 bits per heavy atom. The van der Waals surface area contributed by atoms with Crippen molar-refractivity contribution in [2.75, 3.05) is 0 Å². The van der Waals surface area contributed by atoms with E-state index in [2.05, 4.69) is 24.0 Å². The molecule has 13 heavy (non-hydrogen) atoms. The van der Waals surface area contributed by atoms with E-state index in [1.54, 1.807) is 0 Å². The summed E-state index contributed by atoms with van der Waals surface area (Å²) in [6.07, 6.45) is 10.5. The average molecular weight is 174 g/mol. The molecule has 0 spiro atoms. The fourth-order valence-electron chi connectivity index (χ4n) is 1.43. The second-order valence-corrected chi connectivity index (χ2v) is 3.98. The lowest BCUT2D eigenvalue weighted by atomic mass is 10.1. The van der Waals surface area contributed by atoms with E-state index in [9.17, 15) is 0 Å². The normalized spacial score (nSPS) is 18.2. The highest BCUT2D eigenvalue weighted by molar-refractivity contribution is 5.21. The van der Waals surface area contributed by atoms with Gasteiger partial charge in [0.05, 0.1) is 12.2 Å². The SMILES string of the molecule is C#CCCn1ccc(C2(C)CC2)n1. The average Bonchev–Trinajstić information content (AvgIpc) is 2.69. The molecule has 1 aliphatic carbocycles. The quantitative estimate of drug-likeness (QED) is 0.640. The minimum Gasteiger partial charge on any atom is -0.272 e. The van der Waals surface area contributed by atoms with Gasteiger partial charge in [-0.25, -0.2) is 0 Å². The van der Waals surface area contributed by atoms with Gasteiger partial charge in [-0.2, -0.15) is 5.10 Å². The predicted molar refractivity (Wildman–Crippen MR) is 52.3 cm³/mol. The number of aryl methyl sites for hydroxylation is 1. The van der Waals surface area contributed by atoms with Crippen molar-refractivity contribution in [3.63, 3.8) is 0 Å². The standard InChI is InChI=1S/C11H14N2/c1-3-4-8-13-9-5-10(12-13)11(2)6-7-11/h1,5,9H,4,6-8H2,2H3. The summed E-state index contributed by atoms with van der Waals surface area (Å²) in [5, 5.41) is 4.50. The Morgan fingerprint density at radius 3 is 3.08 bits per heavy atom. The lowest BCUT2D eigenvalue weighted by Crippen LogP contribution is -2.04. The first-order valence-electron chi connectivity index (χ1n) is 4.72. The van der Waals surface area contributed by atoms with Crippen LogP contribution in [-0.2, 0) is 12.0 Å². The third kappa shape index (κ3) is 1.60. The molecule has 2 nitrogen and oxygen atoms in total. The van der Waals surface area contributed by atoms with Crippen LogP contribution >= 0.6 is 0 Å². The van der Waals surface area contributed by atoms with E-state index in [0.717, 1.165) is 13.0 Å². The molecule has 0 bridgehead atoms. The third-order valence-electron chi connectivity index (χ3n) is 2.74. The van der Waals surface area contributed by atoms with Crippen LogP contribution in [0, 0.1) is 12.3 Å². The van der Waals surface area contributed by atoms with Crippen LogP contribution in [0.4, 0.5) is 0 Å². The first kappa shape index (κ1) is 8.37. The number of rotatable bonds is 3. The molecule has 68 valence electrons. The Balaban J connectivity index is 2.06. The highest BCUT2D eigenvalue weighted by Crippen LogP contribution is 2.46. The third-order valence-corrected chi connectivity index (χ3v) is 2.74. The molecule has 0 unspecified atom stereocenters. The van der Waals surface area contributed by atoms with Crippen molar-refractivity contribution in [2.24, 2.45) is 0 Å². The molecule has 0 saturated heterocycles. The zero-order valence-corrected chi connectivity index (χ0v) is 7.95. The molecule has 2 heteroatoms. The van der Waals surface area contributed by atoms with Crippen molar-refractivity contribution < 1.29 is 0 Å². The van der Waals surface area contributed by atoms with Gasteiger partial charge in [-0.1, -0.05) is 6.92 Å². The summed E-state index contributed by atoms with van der Waals surface area (Å²) in [6, 6.07) is 2.11. The van der Waals surface area contributed by atoms with Gasteiger partial charge in [-0.15, -0.1) is 12.3 Å². The van der Waals surface area contributed by atoms with Gasteiger partial charge in [0.2, 0.25) is 0 Å². The molecule has 0 N–H and O–H groups in total. The van der Waals surface area contributed by atoms with Crippen molar-refractivity contribution in [3.05, 3.63) is 18.0 Å². The summed E-state index contributed by atoms with van der Waals surface area (Å²) in [4.78, 5) is 0. The lowest BCUT2D eigenvalue weighted by molar-refractivity contribution is 0.601. The summed E-state index contributed by atoms with van der Waals surface area (Å²) >= 11 is 0. The minimum atomic E-state index is 0.376. The van der Waals surface area contributed by atoms with Crippen molar-refractivity contribution in [2.45, 2.75) is 38.1 Å².